The molecule has 28 heavy (non-hydrogen) atoms. The van der Waals surface area contributed by atoms with Gasteiger partial charge in [0.1, 0.15) is 12.4 Å². The van der Waals surface area contributed by atoms with E-state index in [-0.39, 0.29) is 16.6 Å². The maximum absolute atomic E-state index is 12.6. The first-order chi connectivity index (χ1) is 13.4. The molecule has 0 amide bonds. The van der Waals surface area contributed by atoms with Gasteiger partial charge in [0.05, 0.1) is 4.90 Å². The lowest BCUT2D eigenvalue weighted by Gasteiger charge is -2.09. The predicted molar refractivity (Wildman–Crippen MR) is 112 cm³/mol. The number of aromatic nitrogens is 2. The highest BCUT2D eigenvalue weighted by atomic mass is 35.5. The van der Waals surface area contributed by atoms with Gasteiger partial charge in [-0.3, -0.25) is 4.72 Å². The Morgan fingerprint density at radius 1 is 1.21 bits per heavy atom. The largest absolute Gasteiger partial charge is 0.486 e. The molecule has 0 aliphatic heterocycles. The molecule has 0 unspecified atom stereocenters. The number of allylic oxidation sites excluding steroid dienone is 1. The van der Waals surface area contributed by atoms with E-state index in [0.29, 0.717) is 22.0 Å². The van der Waals surface area contributed by atoms with E-state index in [2.05, 4.69) is 21.5 Å². The highest BCUT2D eigenvalue weighted by Gasteiger charge is 2.20. The molecule has 146 valence electrons. The Labute approximate surface area is 172 Å². The fraction of sp³-hybridized carbons (Fsp3) is 0.158. The highest BCUT2D eigenvalue weighted by molar-refractivity contribution is 7.93. The Morgan fingerprint density at radius 3 is 2.79 bits per heavy atom. The third-order valence-electron chi connectivity index (χ3n) is 3.88. The van der Waals surface area contributed by atoms with E-state index in [0.717, 1.165) is 22.6 Å². The topological polar surface area (TPSA) is 81.2 Å². The van der Waals surface area contributed by atoms with Crippen molar-refractivity contribution in [3.63, 3.8) is 0 Å². The summed E-state index contributed by atoms with van der Waals surface area (Å²) in [6, 6.07) is 12.4. The van der Waals surface area contributed by atoms with Crippen LogP contribution in [0.15, 0.2) is 60.0 Å². The summed E-state index contributed by atoms with van der Waals surface area (Å²) in [5.41, 5.74) is 1.49. The van der Waals surface area contributed by atoms with Gasteiger partial charge in [-0.2, -0.15) is 0 Å². The Hall–Kier alpha value is -2.42. The number of hydrogen-bond acceptors (Lipinski definition) is 6. The molecule has 1 heterocycles. The van der Waals surface area contributed by atoms with Gasteiger partial charge in [0.2, 0.25) is 5.13 Å². The number of halogens is 1. The number of sulfonamides is 1. The quantitative estimate of drug-likeness (QED) is 0.522. The Balaban J connectivity index is 1.71. The number of anilines is 1. The summed E-state index contributed by atoms with van der Waals surface area (Å²) in [7, 11) is -3.81. The van der Waals surface area contributed by atoms with Crippen LogP contribution in [-0.4, -0.2) is 18.6 Å². The molecule has 0 aliphatic carbocycles. The average molecular weight is 436 g/mol. The van der Waals surface area contributed by atoms with E-state index in [1.165, 1.54) is 6.07 Å². The summed E-state index contributed by atoms with van der Waals surface area (Å²) >= 11 is 7.13. The van der Waals surface area contributed by atoms with Crippen molar-refractivity contribution in [2.75, 3.05) is 4.72 Å². The van der Waals surface area contributed by atoms with Gasteiger partial charge in [0.15, 0.2) is 5.01 Å². The van der Waals surface area contributed by atoms with E-state index < -0.39 is 10.0 Å². The molecule has 1 N–H and O–H groups in total. The standard InChI is InChI=1S/C19H18ClN3O3S2/c1-3-7-14-8-4-5-10-16(14)26-12-18-21-22-19(27-18)23-28(24,25)17-11-6-9-15(20)13(17)2/h3-6,8-11H,1,7,12H2,2H3,(H,22,23). The lowest BCUT2D eigenvalue weighted by Crippen LogP contribution is -2.14. The molecular formula is C19H18ClN3O3S2. The number of nitrogens with one attached hydrogen (secondary N) is 1. The molecule has 2 aromatic carbocycles. The molecule has 0 aliphatic rings. The number of para-hydroxylation sites is 1. The molecule has 0 atom stereocenters. The van der Waals surface area contributed by atoms with Gasteiger partial charge in [-0.15, -0.1) is 16.8 Å². The molecule has 3 aromatic rings. The van der Waals surface area contributed by atoms with Crippen molar-refractivity contribution in [1.82, 2.24) is 10.2 Å². The van der Waals surface area contributed by atoms with Crippen LogP contribution in [0.3, 0.4) is 0 Å². The van der Waals surface area contributed by atoms with Crippen molar-refractivity contribution >= 4 is 38.1 Å². The van der Waals surface area contributed by atoms with Crippen LogP contribution in [0.25, 0.3) is 0 Å². The van der Waals surface area contributed by atoms with Crippen LogP contribution in [0.2, 0.25) is 5.02 Å². The van der Waals surface area contributed by atoms with E-state index in [1.807, 2.05) is 24.3 Å². The van der Waals surface area contributed by atoms with Crippen LogP contribution in [-0.2, 0) is 23.1 Å². The van der Waals surface area contributed by atoms with Crippen molar-refractivity contribution in [2.24, 2.45) is 0 Å². The zero-order valence-electron chi connectivity index (χ0n) is 15.1. The molecular weight excluding hydrogens is 418 g/mol. The Bertz CT molecular complexity index is 1100. The summed E-state index contributed by atoms with van der Waals surface area (Å²) in [6.45, 7) is 5.57. The summed E-state index contributed by atoms with van der Waals surface area (Å²) in [4.78, 5) is 0.103. The first-order valence-electron chi connectivity index (χ1n) is 8.32. The molecule has 0 saturated carbocycles. The second-order valence-corrected chi connectivity index (χ2v) is 8.98. The van der Waals surface area contributed by atoms with Crippen molar-refractivity contribution < 1.29 is 13.2 Å². The normalized spacial score (nSPS) is 11.2. The maximum Gasteiger partial charge on any atom is 0.264 e. The van der Waals surface area contributed by atoms with Crippen molar-refractivity contribution in [3.05, 3.63) is 76.3 Å². The van der Waals surface area contributed by atoms with Gasteiger partial charge >= 0.3 is 0 Å². The molecule has 0 saturated heterocycles. The van der Waals surface area contributed by atoms with Crippen LogP contribution in [0.1, 0.15) is 16.1 Å². The Kier molecular flexibility index (Phi) is 6.33. The highest BCUT2D eigenvalue weighted by Crippen LogP contribution is 2.27. The molecule has 9 heteroatoms. The number of nitrogens with zero attached hydrogens (tertiary/aromatic N) is 2. The molecule has 0 fully saturated rings. The lowest BCUT2D eigenvalue weighted by atomic mass is 10.1. The molecule has 3 rings (SSSR count). The van der Waals surface area contributed by atoms with E-state index >= 15 is 0 Å². The summed E-state index contributed by atoms with van der Waals surface area (Å²) < 4.78 is 33.5. The lowest BCUT2D eigenvalue weighted by molar-refractivity contribution is 0.302. The average Bonchev–Trinajstić information content (AvgIpc) is 3.10. The van der Waals surface area contributed by atoms with E-state index in [4.69, 9.17) is 16.3 Å². The zero-order chi connectivity index (χ0) is 20.1. The van der Waals surface area contributed by atoms with Crippen molar-refractivity contribution in [2.45, 2.75) is 24.8 Å². The summed E-state index contributed by atoms with van der Waals surface area (Å²) in [5, 5.41) is 8.99. The number of rotatable bonds is 8. The maximum atomic E-state index is 12.6. The van der Waals surface area contributed by atoms with Crippen molar-refractivity contribution in [3.8, 4) is 5.75 Å². The SMILES string of the molecule is C=CCc1ccccc1OCc1nnc(NS(=O)(=O)c2cccc(Cl)c2C)s1. The van der Waals surface area contributed by atoms with Crippen LogP contribution in [0.5, 0.6) is 5.75 Å². The fourth-order valence-electron chi connectivity index (χ4n) is 2.51. The molecule has 0 spiro atoms. The summed E-state index contributed by atoms with van der Waals surface area (Å²) in [6.07, 6.45) is 2.49. The van der Waals surface area contributed by atoms with Crippen molar-refractivity contribution in [1.29, 1.82) is 0 Å². The predicted octanol–water partition coefficient (Wildman–Crippen LogP) is 4.61. The summed E-state index contributed by atoms with van der Waals surface area (Å²) in [5.74, 6) is 0.731. The molecule has 0 bridgehead atoms. The fourth-order valence-corrected chi connectivity index (χ4v) is 4.89. The number of ether oxygens (including phenoxy) is 1. The third-order valence-corrected chi connectivity index (χ3v) is 6.72. The number of hydrogen-bond donors (Lipinski definition) is 1. The molecule has 6 nitrogen and oxygen atoms in total. The van der Waals surface area contributed by atoms with Gasteiger partial charge in [-0.05, 0) is 42.7 Å². The second-order valence-electron chi connectivity index (χ2n) is 5.86. The minimum absolute atomic E-state index is 0.103. The first-order valence-corrected chi connectivity index (χ1v) is 11.0. The van der Waals surface area contributed by atoms with Gasteiger partial charge in [-0.25, -0.2) is 8.42 Å². The second kappa shape index (κ2) is 8.72. The van der Waals surface area contributed by atoms with Gasteiger partial charge in [0.25, 0.3) is 10.0 Å². The molecule has 1 aromatic heterocycles. The van der Waals surface area contributed by atoms with E-state index in [9.17, 15) is 8.42 Å². The van der Waals surface area contributed by atoms with Gasteiger partial charge in [0, 0.05) is 5.02 Å². The molecule has 0 radical (unpaired) electrons. The van der Waals surface area contributed by atoms with Crippen LogP contribution in [0.4, 0.5) is 5.13 Å². The Morgan fingerprint density at radius 2 is 2.00 bits per heavy atom. The van der Waals surface area contributed by atoms with Crippen LogP contribution < -0.4 is 9.46 Å². The van der Waals surface area contributed by atoms with E-state index in [1.54, 1.807) is 25.1 Å². The van der Waals surface area contributed by atoms with Gasteiger partial charge < -0.3 is 4.74 Å². The third kappa shape index (κ3) is 4.70. The van der Waals surface area contributed by atoms with Crippen LogP contribution >= 0.6 is 22.9 Å². The van der Waals surface area contributed by atoms with Crippen LogP contribution in [0, 0.1) is 6.92 Å². The smallest absolute Gasteiger partial charge is 0.264 e. The monoisotopic (exact) mass is 435 g/mol. The van der Waals surface area contributed by atoms with Gasteiger partial charge in [-0.1, -0.05) is 53.3 Å². The minimum atomic E-state index is -3.81. The minimum Gasteiger partial charge on any atom is -0.486 e. The zero-order valence-corrected chi connectivity index (χ0v) is 17.4. The first kappa shape index (κ1) is 20.3. The number of benzene rings is 2.